The van der Waals surface area contributed by atoms with Crippen LogP contribution in [0, 0.1) is 6.92 Å². The molecular formula is C15H18N2O2S. The standard InChI is InChI=1S/C15H18N2O2S/c1-10-4-3-5-11(8-10)6-7-17-13-9-12(16)14(20-13)15(18)19-2/h3-5,8-9,17H,6-7,16H2,1-2H3. The van der Waals surface area contributed by atoms with E-state index in [0.29, 0.717) is 10.6 Å². The molecule has 1 heterocycles. The third kappa shape index (κ3) is 3.51. The summed E-state index contributed by atoms with van der Waals surface area (Å²) in [4.78, 5) is 11.9. The van der Waals surface area contributed by atoms with E-state index in [9.17, 15) is 4.79 Å². The largest absolute Gasteiger partial charge is 0.465 e. The van der Waals surface area contributed by atoms with Crippen LogP contribution in [0.15, 0.2) is 30.3 Å². The molecule has 0 amide bonds. The number of hydrogen-bond donors (Lipinski definition) is 2. The first-order valence-corrected chi connectivity index (χ1v) is 7.19. The predicted octanol–water partition coefficient (Wildman–Crippen LogP) is 3.08. The minimum atomic E-state index is -0.390. The van der Waals surface area contributed by atoms with Crippen molar-refractivity contribution in [3.8, 4) is 0 Å². The molecule has 20 heavy (non-hydrogen) atoms. The molecule has 3 N–H and O–H groups in total. The maximum absolute atomic E-state index is 11.5. The fraction of sp³-hybridized carbons (Fsp3) is 0.267. The molecule has 4 nitrogen and oxygen atoms in total. The maximum Gasteiger partial charge on any atom is 0.350 e. The number of rotatable bonds is 5. The number of nitrogens with two attached hydrogens (primary N) is 1. The lowest BCUT2D eigenvalue weighted by atomic mass is 10.1. The molecule has 5 heteroatoms. The van der Waals surface area contributed by atoms with Gasteiger partial charge >= 0.3 is 5.97 Å². The van der Waals surface area contributed by atoms with Gasteiger partial charge in [0.1, 0.15) is 4.88 Å². The SMILES string of the molecule is COC(=O)c1sc(NCCc2cccc(C)c2)cc1N. The highest BCUT2D eigenvalue weighted by Crippen LogP contribution is 2.29. The van der Waals surface area contributed by atoms with Crippen LogP contribution in [0.2, 0.25) is 0 Å². The molecule has 0 unspecified atom stereocenters. The van der Waals surface area contributed by atoms with Crippen LogP contribution in [0.1, 0.15) is 20.8 Å². The molecule has 0 aliphatic carbocycles. The van der Waals surface area contributed by atoms with E-state index in [1.54, 1.807) is 6.07 Å². The number of anilines is 2. The normalized spacial score (nSPS) is 10.3. The molecule has 2 rings (SSSR count). The van der Waals surface area contributed by atoms with Crippen LogP contribution in [0.4, 0.5) is 10.7 Å². The minimum Gasteiger partial charge on any atom is -0.465 e. The molecule has 0 saturated carbocycles. The lowest BCUT2D eigenvalue weighted by Crippen LogP contribution is -2.03. The van der Waals surface area contributed by atoms with Crippen molar-refractivity contribution in [2.75, 3.05) is 24.7 Å². The van der Waals surface area contributed by atoms with Gasteiger partial charge in [-0.3, -0.25) is 0 Å². The van der Waals surface area contributed by atoms with Crippen molar-refractivity contribution < 1.29 is 9.53 Å². The van der Waals surface area contributed by atoms with Crippen molar-refractivity contribution in [1.29, 1.82) is 0 Å². The van der Waals surface area contributed by atoms with E-state index < -0.39 is 0 Å². The fourth-order valence-corrected chi connectivity index (χ4v) is 2.87. The number of nitrogens with one attached hydrogen (secondary N) is 1. The van der Waals surface area contributed by atoms with Gasteiger partial charge in [-0.15, -0.1) is 11.3 Å². The highest BCUT2D eigenvalue weighted by Gasteiger charge is 2.14. The van der Waals surface area contributed by atoms with Crippen LogP contribution < -0.4 is 11.1 Å². The fourth-order valence-electron chi connectivity index (χ4n) is 1.94. The molecule has 0 radical (unpaired) electrons. The van der Waals surface area contributed by atoms with E-state index in [1.807, 2.05) is 0 Å². The van der Waals surface area contributed by atoms with Gasteiger partial charge in [-0.2, -0.15) is 0 Å². The van der Waals surface area contributed by atoms with E-state index >= 15 is 0 Å². The second-order valence-corrected chi connectivity index (χ2v) is 5.60. The Labute approximate surface area is 122 Å². The smallest absolute Gasteiger partial charge is 0.350 e. The maximum atomic E-state index is 11.5. The summed E-state index contributed by atoms with van der Waals surface area (Å²) in [7, 11) is 1.35. The average Bonchev–Trinajstić information content (AvgIpc) is 2.79. The Kier molecular flexibility index (Phi) is 4.63. The summed E-state index contributed by atoms with van der Waals surface area (Å²) in [5.74, 6) is -0.390. The molecular weight excluding hydrogens is 272 g/mol. The number of carbonyl (C=O) groups excluding carboxylic acids is 1. The molecule has 0 fully saturated rings. The Morgan fingerprint density at radius 1 is 1.40 bits per heavy atom. The number of hydrogen-bond acceptors (Lipinski definition) is 5. The topological polar surface area (TPSA) is 64.3 Å². The van der Waals surface area contributed by atoms with Crippen molar-refractivity contribution in [3.63, 3.8) is 0 Å². The number of methoxy groups -OCH3 is 1. The number of thiophene rings is 1. The molecule has 106 valence electrons. The van der Waals surface area contributed by atoms with Crippen molar-refractivity contribution >= 4 is 28.0 Å². The second-order valence-electron chi connectivity index (χ2n) is 4.55. The zero-order valence-electron chi connectivity index (χ0n) is 11.6. The molecule has 0 bridgehead atoms. The number of carbonyl (C=O) groups is 1. The number of nitrogen functional groups attached to an aromatic ring is 1. The Hall–Kier alpha value is -2.01. The highest BCUT2D eigenvalue weighted by molar-refractivity contribution is 7.18. The van der Waals surface area contributed by atoms with Crippen LogP contribution in [0.5, 0.6) is 0 Å². The average molecular weight is 290 g/mol. The lowest BCUT2D eigenvalue weighted by molar-refractivity contribution is 0.0607. The Morgan fingerprint density at radius 2 is 2.20 bits per heavy atom. The lowest BCUT2D eigenvalue weighted by Gasteiger charge is -2.04. The van der Waals surface area contributed by atoms with Gasteiger partial charge in [0.2, 0.25) is 0 Å². The summed E-state index contributed by atoms with van der Waals surface area (Å²) in [5.41, 5.74) is 8.80. The predicted molar refractivity (Wildman–Crippen MR) is 83.4 cm³/mol. The van der Waals surface area contributed by atoms with E-state index in [1.165, 1.54) is 29.6 Å². The van der Waals surface area contributed by atoms with Gasteiger partial charge in [0.25, 0.3) is 0 Å². The Balaban J connectivity index is 1.93. The van der Waals surface area contributed by atoms with Gasteiger partial charge in [0.15, 0.2) is 0 Å². The molecule has 0 atom stereocenters. The molecule has 0 spiro atoms. The van der Waals surface area contributed by atoms with Gasteiger partial charge in [-0.25, -0.2) is 4.79 Å². The number of ether oxygens (including phenoxy) is 1. The molecule has 1 aromatic heterocycles. The third-order valence-corrected chi connectivity index (χ3v) is 4.02. The quantitative estimate of drug-likeness (QED) is 0.831. The first-order valence-electron chi connectivity index (χ1n) is 6.37. The van der Waals surface area contributed by atoms with Gasteiger partial charge in [0.05, 0.1) is 17.8 Å². The zero-order chi connectivity index (χ0) is 14.5. The van der Waals surface area contributed by atoms with Crippen LogP contribution >= 0.6 is 11.3 Å². The van der Waals surface area contributed by atoms with Gasteiger partial charge in [0, 0.05) is 6.54 Å². The summed E-state index contributed by atoms with van der Waals surface area (Å²) >= 11 is 1.32. The number of esters is 1. The van der Waals surface area contributed by atoms with Crippen LogP contribution in [0.25, 0.3) is 0 Å². The van der Waals surface area contributed by atoms with Crippen molar-refractivity contribution in [2.24, 2.45) is 0 Å². The number of aryl methyl sites for hydroxylation is 1. The van der Waals surface area contributed by atoms with Crippen LogP contribution in [-0.4, -0.2) is 19.6 Å². The Morgan fingerprint density at radius 3 is 2.90 bits per heavy atom. The first kappa shape index (κ1) is 14.4. The van der Waals surface area contributed by atoms with Crippen LogP contribution in [-0.2, 0) is 11.2 Å². The van der Waals surface area contributed by atoms with Gasteiger partial charge in [-0.05, 0) is 25.0 Å². The minimum absolute atomic E-state index is 0.390. The highest BCUT2D eigenvalue weighted by atomic mass is 32.1. The van der Waals surface area contributed by atoms with Gasteiger partial charge < -0.3 is 15.8 Å². The van der Waals surface area contributed by atoms with E-state index in [0.717, 1.165) is 18.0 Å². The zero-order valence-corrected chi connectivity index (χ0v) is 12.4. The molecule has 0 aliphatic heterocycles. The monoisotopic (exact) mass is 290 g/mol. The van der Waals surface area contributed by atoms with E-state index in [4.69, 9.17) is 5.73 Å². The van der Waals surface area contributed by atoms with Gasteiger partial charge in [-0.1, -0.05) is 29.8 Å². The van der Waals surface area contributed by atoms with Crippen molar-refractivity contribution in [1.82, 2.24) is 0 Å². The molecule has 0 saturated heterocycles. The van der Waals surface area contributed by atoms with E-state index in [2.05, 4.69) is 41.2 Å². The molecule has 1 aromatic carbocycles. The van der Waals surface area contributed by atoms with Crippen molar-refractivity contribution in [2.45, 2.75) is 13.3 Å². The van der Waals surface area contributed by atoms with Crippen LogP contribution in [0.3, 0.4) is 0 Å². The summed E-state index contributed by atoms with van der Waals surface area (Å²) in [6, 6.07) is 10.2. The summed E-state index contributed by atoms with van der Waals surface area (Å²) in [6.07, 6.45) is 0.924. The first-order chi connectivity index (χ1) is 9.60. The summed E-state index contributed by atoms with van der Waals surface area (Å²) in [5, 5.41) is 4.17. The summed E-state index contributed by atoms with van der Waals surface area (Å²) in [6.45, 7) is 2.88. The molecule has 2 aromatic rings. The second kappa shape index (κ2) is 6.43. The molecule has 0 aliphatic rings. The third-order valence-electron chi connectivity index (χ3n) is 2.93. The Bertz CT molecular complexity index is 608. The van der Waals surface area contributed by atoms with E-state index in [-0.39, 0.29) is 5.97 Å². The summed E-state index contributed by atoms with van der Waals surface area (Å²) < 4.78 is 4.68. The van der Waals surface area contributed by atoms with Crippen molar-refractivity contribution in [3.05, 3.63) is 46.3 Å². The number of benzene rings is 1.